The Morgan fingerprint density at radius 2 is 2.43 bits per heavy atom. The number of aliphatic hydroxyl groups is 1. The van der Waals surface area contributed by atoms with Gasteiger partial charge in [0.05, 0.1) is 0 Å². The van der Waals surface area contributed by atoms with E-state index in [1.54, 1.807) is 7.05 Å². The van der Waals surface area contributed by atoms with Gasteiger partial charge >= 0.3 is 106 Å². The maximum absolute atomic E-state index is 10.4. The molecule has 0 aliphatic rings. The van der Waals surface area contributed by atoms with Gasteiger partial charge in [-0.05, 0) is 0 Å². The zero-order valence-electron chi connectivity index (χ0n) is 8.02. The molecule has 2 N–H and O–H groups in total. The summed E-state index contributed by atoms with van der Waals surface area (Å²) >= 11 is 5.81. The van der Waals surface area contributed by atoms with E-state index in [1.807, 2.05) is 0 Å². The van der Waals surface area contributed by atoms with Crippen LogP contribution in [0.15, 0.2) is 0 Å². The number of halogens is 1. The van der Waals surface area contributed by atoms with Crippen molar-refractivity contribution in [3.05, 3.63) is 0 Å². The van der Waals surface area contributed by atoms with Crippen LogP contribution in [0.5, 0.6) is 0 Å². The normalized spacial score (nSPS) is 14.4. The molecule has 0 fully saturated rings. The first-order chi connectivity index (χ1) is 6.56. The van der Waals surface area contributed by atoms with E-state index >= 15 is 0 Å². The van der Waals surface area contributed by atoms with Gasteiger partial charge in [-0.3, -0.25) is 0 Å². The molecule has 0 aromatic carbocycles. The second kappa shape index (κ2) is 9.38. The van der Waals surface area contributed by atoms with Gasteiger partial charge in [0, 0.05) is 0 Å². The topological polar surface area (TPSA) is 61.8 Å². The van der Waals surface area contributed by atoms with Gasteiger partial charge in [-0.1, -0.05) is 0 Å². The third-order valence-electron chi connectivity index (χ3n) is 1.52. The van der Waals surface area contributed by atoms with Gasteiger partial charge in [-0.2, -0.15) is 0 Å². The molecule has 80 valence electrons. The quantitative estimate of drug-likeness (QED) is 0.248. The molecule has 0 saturated heterocycles. The Balaban J connectivity index is 3.35. The van der Waals surface area contributed by atoms with Crippen molar-refractivity contribution in [1.82, 2.24) is 8.03 Å². The number of nitrogens with zero attached hydrogens (tertiary/aromatic N) is 1. The minimum absolute atomic E-state index is 0.400. The molecule has 0 bridgehead atoms. The molecule has 14 heavy (non-hydrogen) atoms. The van der Waals surface area contributed by atoms with Crippen molar-refractivity contribution in [1.29, 1.82) is 0 Å². The van der Waals surface area contributed by atoms with Crippen LogP contribution in [-0.4, -0.2) is 66.9 Å². The Bertz CT molecular complexity index is 177. The summed E-state index contributed by atoms with van der Waals surface area (Å²) in [6.45, 7) is 1.86. The van der Waals surface area contributed by atoms with Crippen LogP contribution >= 0.6 is 18.6 Å². The molecular formula is C6H14ClN2O3PTl+. The van der Waals surface area contributed by atoms with Crippen molar-refractivity contribution in [2.75, 3.05) is 26.7 Å². The summed E-state index contributed by atoms with van der Waals surface area (Å²) in [6.07, 6.45) is 0.298. The average Bonchev–Trinajstić information content (AvgIpc) is 2.12. The Kier molecular flexibility index (Phi) is 10.2. The van der Waals surface area contributed by atoms with E-state index in [1.165, 1.54) is 0 Å². The molecule has 2 unspecified atom stereocenters. The fourth-order valence-corrected chi connectivity index (χ4v) is 2.77. The first-order valence-electron chi connectivity index (χ1n) is 4.17. The van der Waals surface area contributed by atoms with Crippen molar-refractivity contribution < 1.29 is 14.2 Å². The Morgan fingerprint density at radius 1 is 1.79 bits per heavy atom. The van der Waals surface area contributed by atoms with Gasteiger partial charge in [0.15, 0.2) is 0 Å². The number of aliphatic hydroxyl groups excluding tert-OH is 1. The molecule has 0 amide bonds. The van der Waals surface area contributed by atoms with E-state index in [0.717, 1.165) is 13.0 Å². The zero-order valence-corrected chi connectivity index (χ0v) is 14.2. The number of hydrogen-bond donors (Lipinski definition) is 2. The molecule has 0 heterocycles. The van der Waals surface area contributed by atoms with Crippen LogP contribution in [-0.2, 0) is 9.09 Å². The first-order valence-corrected chi connectivity index (χ1v) is 8.26. The second-order valence-electron chi connectivity index (χ2n) is 2.70. The number of rotatable bonds is 8. The fourth-order valence-electron chi connectivity index (χ4n) is 0.809. The van der Waals surface area contributed by atoms with Gasteiger partial charge in [0.2, 0.25) is 0 Å². The maximum atomic E-state index is 10.4. The van der Waals surface area contributed by atoms with E-state index in [-0.39, 0.29) is 0 Å². The van der Waals surface area contributed by atoms with Crippen LogP contribution in [0.1, 0.15) is 6.42 Å². The molecule has 0 rings (SSSR count). The SMILES string of the molecule is CNC(O)C[N]([Tl])CCCO[P+](=O)Cl. The third-order valence-corrected chi connectivity index (χ3v) is 4.02. The molecule has 0 radical (unpaired) electrons. The van der Waals surface area contributed by atoms with Crippen LogP contribution in [0.4, 0.5) is 0 Å². The summed E-state index contributed by atoms with van der Waals surface area (Å²) in [5, 5.41) is 12.0. The molecule has 0 aromatic rings. The summed E-state index contributed by atoms with van der Waals surface area (Å²) in [4.78, 5) is 0. The Labute approximate surface area is 106 Å². The standard InChI is InChI=1S/C6H14ClN2O3P.Tl/c1-8-6(10)5-9-3-2-4-12-13(7)11;/h6,8,10H,2-5H2,1H3;/q;+1. The van der Waals surface area contributed by atoms with E-state index in [2.05, 4.69) is 8.03 Å². The number of nitrogens with one attached hydrogen (secondary N) is 1. The molecule has 0 aliphatic carbocycles. The summed E-state index contributed by atoms with van der Waals surface area (Å²) in [5.74, 6) is 0. The van der Waals surface area contributed by atoms with E-state index < -0.39 is 13.6 Å². The van der Waals surface area contributed by atoms with Crippen molar-refractivity contribution >= 4 is 44.7 Å². The summed E-state index contributed by atoms with van der Waals surface area (Å²) in [5.41, 5.74) is 0. The molecular weight excluding hydrogens is 419 g/mol. The fraction of sp³-hybridized carbons (Fsp3) is 1.00. The zero-order chi connectivity index (χ0) is 11.0. The van der Waals surface area contributed by atoms with Gasteiger partial charge in [0.1, 0.15) is 0 Å². The van der Waals surface area contributed by atoms with Crippen LogP contribution in [0.25, 0.3) is 0 Å². The molecule has 8 heteroatoms. The van der Waals surface area contributed by atoms with Crippen molar-refractivity contribution in [3.63, 3.8) is 0 Å². The Morgan fingerprint density at radius 3 is 2.93 bits per heavy atom. The van der Waals surface area contributed by atoms with Crippen LogP contribution in [0.2, 0.25) is 0 Å². The Hall–Kier alpha value is 1.15. The predicted octanol–water partition coefficient (Wildman–Crippen LogP) is 0.213. The molecule has 0 aromatic heterocycles. The van der Waals surface area contributed by atoms with Gasteiger partial charge in [-0.15, -0.1) is 0 Å². The van der Waals surface area contributed by atoms with Crippen molar-refractivity contribution in [2.24, 2.45) is 0 Å². The first kappa shape index (κ1) is 15.2. The van der Waals surface area contributed by atoms with E-state index in [0.29, 0.717) is 39.2 Å². The third kappa shape index (κ3) is 9.70. The minimum atomic E-state index is -2.00. The molecule has 5 nitrogen and oxygen atoms in total. The van der Waals surface area contributed by atoms with Gasteiger partial charge in [0.25, 0.3) is 0 Å². The number of hydrogen-bond acceptors (Lipinski definition) is 5. The summed E-state index contributed by atoms with van der Waals surface area (Å²) < 4.78 is 17.2. The van der Waals surface area contributed by atoms with Crippen molar-refractivity contribution in [3.8, 4) is 0 Å². The van der Waals surface area contributed by atoms with E-state index in [9.17, 15) is 9.67 Å². The van der Waals surface area contributed by atoms with Gasteiger partial charge in [-0.25, -0.2) is 0 Å². The van der Waals surface area contributed by atoms with E-state index in [4.69, 9.17) is 15.8 Å². The summed E-state index contributed by atoms with van der Waals surface area (Å²) in [7, 11) is -0.283. The number of likely N-dealkylation sites (N-methyl/N-ethyl adjacent to an activating group) is 1. The predicted molar refractivity (Wildman–Crippen MR) is 56.4 cm³/mol. The molecule has 0 spiro atoms. The monoisotopic (exact) mass is 433 g/mol. The summed E-state index contributed by atoms with van der Waals surface area (Å²) in [6, 6.07) is 0. The average molecular weight is 433 g/mol. The van der Waals surface area contributed by atoms with Crippen LogP contribution in [0.3, 0.4) is 0 Å². The molecule has 0 aliphatic heterocycles. The molecule has 2 atom stereocenters. The van der Waals surface area contributed by atoms with Gasteiger partial charge < -0.3 is 0 Å². The molecule has 0 saturated carbocycles. The van der Waals surface area contributed by atoms with Crippen LogP contribution in [0, 0.1) is 0 Å². The van der Waals surface area contributed by atoms with Crippen molar-refractivity contribution in [2.45, 2.75) is 12.6 Å². The van der Waals surface area contributed by atoms with Crippen LogP contribution < -0.4 is 5.32 Å². The second-order valence-corrected chi connectivity index (χ2v) is 7.05.